The van der Waals surface area contributed by atoms with Crippen molar-refractivity contribution in [3.8, 4) is 0 Å². The maximum absolute atomic E-state index is 12.0. The Labute approximate surface area is 116 Å². The first-order valence-corrected chi connectivity index (χ1v) is 6.37. The number of benzene rings is 1. The maximum Gasteiger partial charge on any atom is 0.251 e. The number of ether oxygens (including phenoxy) is 1. The SMILES string of the molecule is CO[C@H]1CNCC1NC(=O)c1ccc(Cl)c(Cl)c1. The Kier molecular flexibility index (Phi) is 4.45. The van der Waals surface area contributed by atoms with Crippen molar-refractivity contribution in [3.05, 3.63) is 33.8 Å². The van der Waals surface area contributed by atoms with Gasteiger partial charge in [0.05, 0.1) is 22.2 Å². The van der Waals surface area contributed by atoms with Crippen LogP contribution >= 0.6 is 23.2 Å². The highest BCUT2D eigenvalue weighted by molar-refractivity contribution is 6.42. The molecule has 4 nitrogen and oxygen atoms in total. The van der Waals surface area contributed by atoms with E-state index >= 15 is 0 Å². The molecular weight excluding hydrogens is 275 g/mol. The maximum atomic E-state index is 12.0. The van der Waals surface area contributed by atoms with E-state index in [-0.39, 0.29) is 18.1 Å². The molecule has 0 bridgehead atoms. The second-order valence-electron chi connectivity index (χ2n) is 4.14. The van der Waals surface area contributed by atoms with Gasteiger partial charge in [0.25, 0.3) is 5.91 Å². The fraction of sp³-hybridized carbons (Fsp3) is 0.417. The van der Waals surface area contributed by atoms with Crippen molar-refractivity contribution in [2.75, 3.05) is 20.2 Å². The first-order chi connectivity index (χ1) is 8.61. The number of rotatable bonds is 3. The molecule has 2 N–H and O–H groups in total. The molecule has 1 heterocycles. The van der Waals surface area contributed by atoms with Crippen molar-refractivity contribution in [3.63, 3.8) is 0 Å². The van der Waals surface area contributed by atoms with Crippen LogP contribution in [0.15, 0.2) is 18.2 Å². The van der Waals surface area contributed by atoms with Crippen molar-refractivity contribution < 1.29 is 9.53 Å². The summed E-state index contributed by atoms with van der Waals surface area (Å²) in [5.74, 6) is -0.177. The predicted molar refractivity (Wildman–Crippen MR) is 71.4 cm³/mol. The summed E-state index contributed by atoms with van der Waals surface area (Å²) < 4.78 is 5.28. The van der Waals surface area contributed by atoms with E-state index in [0.717, 1.165) is 6.54 Å². The van der Waals surface area contributed by atoms with Gasteiger partial charge in [0.15, 0.2) is 0 Å². The molecule has 0 radical (unpaired) electrons. The van der Waals surface area contributed by atoms with E-state index in [1.807, 2.05) is 0 Å². The van der Waals surface area contributed by atoms with Gasteiger partial charge in [-0.15, -0.1) is 0 Å². The Morgan fingerprint density at radius 1 is 1.39 bits per heavy atom. The first-order valence-electron chi connectivity index (χ1n) is 5.61. The van der Waals surface area contributed by atoms with Crippen LogP contribution in [-0.2, 0) is 4.74 Å². The molecule has 18 heavy (non-hydrogen) atoms. The number of methoxy groups -OCH3 is 1. The molecule has 0 spiro atoms. The van der Waals surface area contributed by atoms with E-state index in [1.165, 1.54) is 0 Å². The average molecular weight is 289 g/mol. The summed E-state index contributed by atoms with van der Waals surface area (Å²) in [5, 5.41) is 6.89. The lowest BCUT2D eigenvalue weighted by molar-refractivity contribution is 0.0780. The van der Waals surface area contributed by atoms with Crippen LogP contribution in [0.1, 0.15) is 10.4 Å². The number of halogens is 2. The molecule has 1 fully saturated rings. The minimum absolute atomic E-state index is 0.00304. The van der Waals surface area contributed by atoms with Crippen LogP contribution in [0.25, 0.3) is 0 Å². The highest BCUT2D eigenvalue weighted by Crippen LogP contribution is 2.22. The molecular formula is C12H14Cl2N2O2. The Morgan fingerprint density at radius 2 is 2.17 bits per heavy atom. The lowest BCUT2D eigenvalue weighted by Gasteiger charge is -2.18. The van der Waals surface area contributed by atoms with Gasteiger partial charge in [-0.1, -0.05) is 23.2 Å². The summed E-state index contributed by atoms with van der Waals surface area (Å²) in [6.45, 7) is 1.44. The molecule has 1 aliphatic rings. The zero-order chi connectivity index (χ0) is 13.1. The molecule has 1 unspecified atom stereocenters. The molecule has 1 aliphatic heterocycles. The normalized spacial score (nSPS) is 23.1. The third-order valence-electron chi connectivity index (χ3n) is 2.96. The second kappa shape index (κ2) is 5.89. The van der Waals surface area contributed by atoms with Crippen LogP contribution in [0, 0.1) is 0 Å². The zero-order valence-corrected chi connectivity index (χ0v) is 11.4. The molecule has 1 amide bonds. The molecule has 0 saturated carbocycles. The predicted octanol–water partition coefficient (Wildman–Crippen LogP) is 1.71. The van der Waals surface area contributed by atoms with Crippen LogP contribution in [0.4, 0.5) is 0 Å². The van der Waals surface area contributed by atoms with Crippen LogP contribution in [0.2, 0.25) is 10.0 Å². The quantitative estimate of drug-likeness (QED) is 0.890. The average Bonchev–Trinajstić information content (AvgIpc) is 2.79. The standard InChI is InChI=1S/C12H14Cl2N2O2/c1-18-11-6-15-5-10(11)16-12(17)7-2-3-8(13)9(14)4-7/h2-4,10-11,15H,5-6H2,1H3,(H,16,17)/t10?,11-/m0/s1. The van der Waals surface area contributed by atoms with Crippen LogP contribution in [-0.4, -0.2) is 38.3 Å². The molecule has 0 aliphatic carbocycles. The lowest BCUT2D eigenvalue weighted by atomic mass is 10.1. The smallest absolute Gasteiger partial charge is 0.251 e. The molecule has 2 rings (SSSR count). The third kappa shape index (κ3) is 2.95. The number of hydrogen-bond donors (Lipinski definition) is 2. The van der Waals surface area contributed by atoms with Crippen molar-refractivity contribution in [2.45, 2.75) is 12.1 Å². The fourth-order valence-electron chi connectivity index (χ4n) is 1.94. The van der Waals surface area contributed by atoms with Gasteiger partial charge in [0.1, 0.15) is 0 Å². The van der Waals surface area contributed by atoms with Crippen LogP contribution in [0.5, 0.6) is 0 Å². The Morgan fingerprint density at radius 3 is 2.83 bits per heavy atom. The molecule has 98 valence electrons. The monoisotopic (exact) mass is 288 g/mol. The van der Waals surface area contributed by atoms with Gasteiger partial charge >= 0.3 is 0 Å². The van der Waals surface area contributed by atoms with Gasteiger partial charge in [0, 0.05) is 25.8 Å². The molecule has 0 aromatic heterocycles. The summed E-state index contributed by atoms with van der Waals surface area (Å²) in [6.07, 6.45) is -0.00304. The number of amides is 1. The Balaban J connectivity index is 2.05. The molecule has 1 aromatic carbocycles. The topological polar surface area (TPSA) is 50.4 Å². The molecule has 1 aromatic rings. The van der Waals surface area contributed by atoms with Gasteiger partial charge in [0.2, 0.25) is 0 Å². The largest absolute Gasteiger partial charge is 0.378 e. The Hall–Kier alpha value is -0.810. The number of nitrogens with one attached hydrogen (secondary N) is 2. The number of carbonyl (C=O) groups excluding carboxylic acids is 1. The Bertz CT molecular complexity index is 454. The molecule has 6 heteroatoms. The van der Waals surface area contributed by atoms with Crippen molar-refractivity contribution in [2.24, 2.45) is 0 Å². The second-order valence-corrected chi connectivity index (χ2v) is 4.96. The summed E-state index contributed by atoms with van der Waals surface area (Å²) in [6, 6.07) is 4.79. The van der Waals surface area contributed by atoms with E-state index in [9.17, 15) is 4.79 Å². The number of hydrogen-bond acceptors (Lipinski definition) is 3. The van der Waals surface area contributed by atoms with Crippen LogP contribution < -0.4 is 10.6 Å². The van der Waals surface area contributed by atoms with Gasteiger partial charge in [-0.05, 0) is 18.2 Å². The summed E-state index contributed by atoms with van der Waals surface area (Å²) in [5.41, 5.74) is 0.492. The van der Waals surface area contributed by atoms with E-state index in [4.69, 9.17) is 27.9 Å². The van der Waals surface area contributed by atoms with E-state index < -0.39 is 0 Å². The highest BCUT2D eigenvalue weighted by atomic mass is 35.5. The van der Waals surface area contributed by atoms with Gasteiger partial charge in [-0.25, -0.2) is 0 Å². The van der Waals surface area contributed by atoms with Gasteiger partial charge in [-0.2, -0.15) is 0 Å². The lowest BCUT2D eigenvalue weighted by Crippen LogP contribution is -2.43. The summed E-state index contributed by atoms with van der Waals surface area (Å²) in [4.78, 5) is 12.0. The van der Waals surface area contributed by atoms with Crippen LogP contribution in [0.3, 0.4) is 0 Å². The number of carbonyl (C=O) groups is 1. The molecule has 2 atom stereocenters. The van der Waals surface area contributed by atoms with Gasteiger partial charge < -0.3 is 15.4 Å². The molecule has 1 saturated heterocycles. The third-order valence-corrected chi connectivity index (χ3v) is 3.70. The summed E-state index contributed by atoms with van der Waals surface area (Å²) in [7, 11) is 1.63. The van der Waals surface area contributed by atoms with Crippen molar-refractivity contribution >= 4 is 29.1 Å². The zero-order valence-electron chi connectivity index (χ0n) is 9.87. The van der Waals surface area contributed by atoms with Crippen molar-refractivity contribution in [1.29, 1.82) is 0 Å². The first kappa shape index (κ1) is 13.6. The highest BCUT2D eigenvalue weighted by Gasteiger charge is 2.28. The van der Waals surface area contributed by atoms with E-state index in [2.05, 4.69) is 10.6 Å². The van der Waals surface area contributed by atoms with E-state index in [1.54, 1.807) is 25.3 Å². The summed E-state index contributed by atoms with van der Waals surface area (Å²) >= 11 is 11.7. The minimum atomic E-state index is -0.177. The fourth-order valence-corrected chi connectivity index (χ4v) is 2.23. The van der Waals surface area contributed by atoms with Gasteiger partial charge in [-0.3, -0.25) is 4.79 Å². The minimum Gasteiger partial charge on any atom is -0.378 e. The van der Waals surface area contributed by atoms with E-state index in [0.29, 0.717) is 22.2 Å². The van der Waals surface area contributed by atoms with Crippen molar-refractivity contribution in [1.82, 2.24) is 10.6 Å².